The van der Waals surface area contributed by atoms with Crippen molar-refractivity contribution in [3.05, 3.63) is 101 Å². The summed E-state index contributed by atoms with van der Waals surface area (Å²) in [5.41, 5.74) is 2.75. The summed E-state index contributed by atoms with van der Waals surface area (Å²) in [7, 11) is 1.76. The van der Waals surface area contributed by atoms with Crippen molar-refractivity contribution in [3.63, 3.8) is 0 Å². The predicted octanol–water partition coefficient (Wildman–Crippen LogP) is 6.62. The molecule has 4 aliphatic rings. The van der Waals surface area contributed by atoms with Gasteiger partial charge in [-0.1, -0.05) is 55.5 Å². The van der Waals surface area contributed by atoms with E-state index in [4.69, 9.17) is 4.74 Å². The maximum atomic E-state index is 13.5. The molecule has 2 bridgehead atoms. The Morgan fingerprint density at radius 2 is 1.91 bits per heavy atom. The summed E-state index contributed by atoms with van der Waals surface area (Å²) >= 11 is 0. The zero-order valence-corrected chi connectivity index (χ0v) is 25.0. The van der Waals surface area contributed by atoms with Gasteiger partial charge in [0.1, 0.15) is 6.10 Å². The van der Waals surface area contributed by atoms with Gasteiger partial charge >= 0.3 is 6.18 Å². The number of halogens is 3. The molecular formula is C36H37F3N2O3. The highest BCUT2D eigenvalue weighted by Gasteiger charge is 2.71. The summed E-state index contributed by atoms with van der Waals surface area (Å²) in [5, 5.41) is 11.0. The van der Waals surface area contributed by atoms with Crippen LogP contribution < -0.4 is 4.74 Å². The average Bonchev–Trinajstić information content (AvgIpc) is 3.36. The van der Waals surface area contributed by atoms with E-state index in [1.54, 1.807) is 24.1 Å². The van der Waals surface area contributed by atoms with Crippen LogP contribution in [0.2, 0.25) is 0 Å². The fourth-order valence-electron chi connectivity index (χ4n) is 8.91. The van der Waals surface area contributed by atoms with Crippen molar-refractivity contribution in [1.82, 2.24) is 9.80 Å². The van der Waals surface area contributed by atoms with E-state index < -0.39 is 11.7 Å². The van der Waals surface area contributed by atoms with Crippen molar-refractivity contribution in [2.75, 3.05) is 20.1 Å². The van der Waals surface area contributed by atoms with Crippen LogP contribution in [0.15, 0.2) is 72.8 Å². The minimum atomic E-state index is -4.45. The predicted molar refractivity (Wildman–Crippen MR) is 162 cm³/mol. The van der Waals surface area contributed by atoms with E-state index in [1.807, 2.05) is 12.1 Å². The third-order valence-electron chi connectivity index (χ3n) is 11.1. The SMILES string of the molecule is CN(C(=O)C=Cc1cccc(C(F)(F)F)c1)[C@H]1CC[C@@]2(C)[C@H]3Cc4ccc(O)c5c4[C@@]2(CCN3CCc2ccccc2)[C@H]1O5. The summed E-state index contributed by atoms with van der Waals surface area (Å²) in [6.45, 7) is 4.26. The molecule has 1 spiro atoms. The Balaban J connectivity index is 1.19. The maximum Gasteiger partial charge on any atom is 0.416 e. The van der Waals surface area contributed by atoms with E-state index in [1.165, 1.54) is 29.3 Å². The number of alkyl halides is 3. The molecule has 2 heterocycles. The van der Waals surface area contributed by atoms with Gasteiger partial charge in [-0.2, -0.15) is 13.2 Å². The Bertz CT molecular complexity index is 1620. The number of aromatic hydroxyl groups is 1. The molecule has 7 rings (SSSR count). The molecular weight excluding hydrogens is 565 g/mol. The molecule has 0 unspecified atom stereocenters. The first-order valence-corrected chi connectivity index (χ1v) is 15.4. The van der Waals surface area contributed by atoms with E-state index in [9.17, 15) is 23.1 Å². The molecule has 2 fully saturated rings. The number of likely N-dealkylation sites (N-methyl/N-ethyl adjacent to an activating group) is 1. The molecule has 1 amide bonds. The van der Waals surface area contributed by atoms with Crippen molar-refractivity contribution >= 4 is 12.0 Å². The zero-order chi connectivity index (χ0) is 30.9. The topological polar surface area (TPSA) is 53.0 Å². The molecule has 44 heavy (non-hydrogen) atoms. The number of carbonyl (C=O) groups is 1. The number of piperidine rings is 1. The molecule has 1 N–H and O–H groups in total. The number of nitrogens with zero attached hydrogens (tertiary/aromatic N) is 2. The molecule has 0 aromatic heterocycles. The largest absolute Gasteiger partial charge is 0.504 e. The van der Waals surface area contributed by atoms with E-state index in [0.717, 1.165) is 62.9 Å². The Morgan fingerprint density at radius 1 is 1.11 bits per heavy atom. The maximum absolute atomic E-state index is 13.5. The highest BCUT2D eigenvalue weighted by Crippen LogP contribution is 2.69. The second kappa shape index (κ2) is 10.4. The summed E-state index contributed by atoms with van der Waals surface area (Å²) in [6.07, 6.45) is 2.37. The van der Waals surface area contributed by atoms with E-state index in [-0.39, 0.29) is 34.6 Å². The molecule has 1 saturated carbocycles. The summed E-state index contributed by atoms with van der Waals surface area (Å²) in [6, 6.07) is 19.4. The lowest BCUT2D eigenvalue weighted by atomic mass is 9.43. The minimum absolute atomic E-state index is 0.118. The third kappa shape index (κ3) is 4.36. The summed E-state index contributed by atoms with van der Waals surface area (Å²) < 4.78 is 46.4. The van der Waals surface area contributed by atoms with Gasteiger partial charge < -0.3 is 14.7 Å². The van der Waals surface area contributed by atoms with Crippen molar-refractivity contribution in [2.24, 2.45) is 5.41 Å². The van der Waals surface area contributed by atoms with Crippen LogP contribution >= 0.6 is 0 Å². The number of likely N-dealkylation sites (tertiary alicyclic amines) is 1. The Labute approximate surface area is 255 Å². The first kappa shape index (κ1) is 29.0. The van der Waals surface area contributed by atoms with Gasteiger partial charge in [0.15, 0.2) is 11.5 Å². The number of amides is 1. The Morgan fingerprint density at radius 3 is 2.68 bits per heavy atom. The lowest BCUT2D eigenvalue weighted by molar-refractivity contribution is -0.150. The molecule has 3 aromatic carbocycles. The second-order valence-electron chi connectivity index (χ2n) is 13.1. The average molecular weight is 603 g/mol. The normalized spacial score (nSPS) is 28.9. The van der Waals surface area contributed by atoms with Crippen LogP contribution in [-0.2, 0) is 29.2 Å². The number of ether oxygens (including phenoxy) is 1. The molecule has 5 atom stereocenters. The van der Waals surface area contributed by atoms with E-state index in [2.05, 4.69) is 36.1 Å². The first-order valence-electron chi connectivity index (χ1n) is 15.4. The van der Waals surface area contributed by atoms with Crippen LogP contribution in [0.3, 0.4) is 0 Å². The van der Waals surface area contributed by atoms with Crippen LogP contribution in [0.25, 0.3) is 6.08 Å². The Hall–Kier alpha value is -3.78. The molecule has 3 aromatic rings. The highest BCUT2D eigenvalue weighted by molar-refractivity contribution is 5.92. The lowest BCUT2D eigenvalue weighted by Crippen LogP contribution is -2.73. The van der Waals surface area contributed by atoms with Gasteiger partial charge in [0.05, 0.1) is 11.6 Å². The molecule has 2 aliphatic heterocycles. The van der Waals surface area contributed by atoms with Crippen LogP contribution in [0.4, 0.5) is 13.2 Å². The number of phenols is 1. The van der Waals surface area contributed by atoms with Crippen LogP contribution in [0.5, 0.6) is 11.5 Å². The lowest BCUT2D eigenvalue weighted by Gasteiger charge is -2.66. The Kier molecular flexibility index (Phi) is 6.85. The van der Waals surface area contributed by atoms with E-state index in [0.29, 0.717) is 17.4 Å². The second-order valence-corrected chi connectivity index (χ2v) is 13.1. The van der Waals surface area contributed by atoms with Crippen molar-refractivity contribution in [2.45, 2.75) is 68.8 Å². The van der Waals surface area contributed by atoms with Gasteiger partial charge in [-0.15, -0.1) is 0 Å². The van der Waals surface area contributed by atoms with Gasteiger partial charge in [0.2, 0.25) is 5.91 Å². The van der Waals surface area contributed by atoms with Crippen molar-refractivity contribution in [3.8, 4) is 11.5 Å². The standard InChI is InChI=1S/C36H37F3N2O3/c1-34-17-15-27(40(2)30(43)14-11-24-9-6-10-26(21-24)36(37,38)39)33-35(34)18-20-41(19-16-23-7-4-3-5-8-23)29(34)22-25-12-13-28(42)32(44-33)31(25)35/h3-14,21,27,29,33,42H,15-20,22H2,1-2H3/t27-,29+,33-,34-,35-/m0/s1. The van der Waals surface area contributed by atoms with Gasteiger partial charge in [0.25, 0.3) is 0 Å². The van der Waals surface area contributed by atoms with Crippen LogP contribution in [0, 0.1) is 5.41 Å². The quantitative estimate of drug-likeness (QED) is 0.322. The highest BCUT2D eigenvalue weighted by atomic mass is 19.4. The fraction of sp³-hybridized carbons (Fsp3) is 0.417. The van der Waals surface area contributed by atoms with Crippen molar-refractivity contribution < 1.29 is 27.8 Å². The van der Waals surface area contributed by atoms with Crippen LogP contribution in [-0.4, -0.2) is 59.1 Å². The number of phenolic OH excluding ortho intramolecular Hbond substituents is 1. The molecule has 0 radical (unpaired) electrons. The monoisotopic (exact) mass is 602 g/mol. The number of carbonyl (C=O) groups excluding carboxylic acids is 1. The summed E-state index contributed by atoms with van der Waals surface area (Å²) in [5.74, 6) is 0.406. The molecule has 5 nitrogen and oxygen atoms in total. The molecule has 230 valence electrons. The van der Waals surface area contributed by atoms with Gasteiger partial charge in [0, 0.05) is 36.7 Å². The van der Waals surface area contributed by atoms with E-state index >= 15 is 0 Å². The first-order chi connectivity index (χ1) is 21.0. The smallest absolute Gasteiger partial charge is 0.416 e. The van der Waals surface area contributed by atoms with Gasteiger partial charge in [-0.25, -0.2) is 0 Å². The van der Waals surface area contributed by atoms with Crippen molar-refractivity contribution in [1.29, 1.82) is 0 Å². The summed E-state index contributed by atoms with van der Waals surface area (Å²) in [4.78, 5) is 17.9. The van der Waals surface area contributed by atoms with Gasteiger partial charge in [-0.05, 0) is 85.0 Å². The number of benzene rings is 3. The number of rotatable bonds is 6. The van der Waals surface area contributed by atoms with Crippen LogP contribution in [0.1, 0.15) is 54.0 Å². The molecule has 8 heteroatoms. The number of hydrogen-bond donors (Lipinski definition) is 1. The molecule has 2 aliphatic carbocycles. The fourth-order valence-corrected chi connectivity index (χ4v) is 8.91. The molecule has 1 saturated heterocycles. The minimum Gasteiger partial charge on any atom is -0.504 e. The third-order valence-corrected chi connectivity index (χ3v) is 11.1. The van der Waals surface area contributed by atoms with Gasteiger partial charge in [-0.3, -0.25) is 9.69 Å². The zero-order valence-electron chi connectivity index (χ0n) is 25.0. The number of hydrogen-bond acceptors (Lipinski definition) is 4.